The van der Waals surface area contributed by atoms with Crippen LogP contribution in [0.1, 0.15) is 26.7 Å². The Kier molecular flexibility index (Phi) is 15.8. The van der Waals surface area contributed by atoms with Gasteiger partial charge >= 0.3 is 16.8 Å². The molecule has 0 radical (unpaired) electrons. The van der Waals surface area contributed by atoms with E-state index in [2.05, 4.69) is 35.1 Å². The Hall–Kier alpha value is -2.17. The van der Waals surface area contributed by atoms with Crippen LogP contribution in [0, 0.1) is 0 Å². The first kappa shape index (κ1) is 35.9. The molecule has 40 heavy (non-hydrogen) atoms. The Morgan fingerprint density at radius 2 is 0.975 bits per heavy atom. The maximum absolute atomic E-state index is 5.80. The molecule has 0 bridgehead atoms. The molecule has 0 saturated carbocycles. The van der Waals surface area contributed by atoms with Crippen LogP contribution in [0.2, 0.25) is 0 Å². The van der Waals surface area contributed by atoms with Gasteiger partial charge in [-0.05, 0) is 49.2 Å². The van der Waals surface area contributed by atoms with E-state index in [1.54, 1.807) is 0 Å². The number of imidazole rings is 2. The summed E-state index contributed by atoms with van der Waals surface area (Å²) >= 11 is 0. The quantitative estimate of drug-likeness (QED) is 0.135. The Balaban J connectivity index is 0.00000200. The van der Waals surface area contributed by atoms with Crippen molar-refractivity contribution in [1.82, 2.24) is 24.1 Å². The molecule has 216 valence electrons. The Bertz CT molecular complexity index is 1360. The third-order valence-electron chi connectivity index (χ3n) is 6.13. The SMILES string of the molecule is CCCOCCn1c(-c2cccc(-c3nc4ccccc4n3CCOCCC)n2)nc2ccccc21.[Cl-].[Cl-].[Cl-].[Co+3]. The first-order chi connectivity index (χ1) is 17.8. The van der Waals surface area contributed by atoms with Crippen molar-refractivity contribution >= 4 is 22.1 Å². The van der Waals surface area contributed by atoms with E-state index in [1.807, 2.05) is 54.6 Å². The Labute approximate surface area is 264 Å². The van der Waals surface area contributed by atoms with Crippen LogP contribution in [0.4, 0.5) is 0 Å². The number of pyridine rings is 1. The van der Waals surface area contributed by atoms with Crippen LogP contribution in [0.15, 0.2) is 66.7 Å². The molecule has 0 fully saturated rings. The zero-order chi connectivity index (χ0) is 24.7. The van der Waals surface area contributed by atoms with Gasteiger partial charge < -0.3 is 55.8 Å². The summed E-state index contributed by atoms with van der Waals surface area (Å²) in [6.07, 6.45) is 2.01. The number of rotatable bonds is 12. The van der Waals surface area contributed by atoms with Gasteiger partial charge in [0.25, 0.3) is 0 Å². The summed E-state index contributed by atoms with van der Waals surface area (Å²) in [4.78, 5) is 15.0. The second-order valence-corrected chi connectivity index (χ2v) is 8.78. The van der Waals surface area contributed by atoms with Crippen LogP contribution < -0.4 is 37.2 Å². The topological polar surface area (TPSA) is 67.0 Å². The van der Waals surface area contributed by atoms with Gasteiger partial charge in [0.2, 0.25) is 0 Å². The third-order valence-corrected chi connectivity index (χ3v) is 6.13. The number of ether oxygens (including phenoxy) is 2. The molecule has 0 aliphatic rings. The Morgan fingerprint density at radius 3 is 1.40 bits per heavy atom. The smallest absolute Gasteiger partial charge is 1.00 e. The number of fused-ring (bicyclic) bond motifs is 2. The molecular weight excluding hydrogens is 616 g/mol. The molecule has 2 aromatic carbocycles. The van der Waals surface area contributed by atoms with Crippen molar-refractivity contribution in [1.29, 1.82) is 0 Å². The first-order valence-electron chi connectivity index (χ1n) is 12.8. The Morgan fingerprint density at radius 1 is 0.550 bits per heavy atom. The van der Waals surface area contributed by atoms with Gasteiger partial charge in [0, 0.05) is 26.3 Å². The first-order valence-corrected chi connectivity index (χ1v) is 12.8. The second-order valence-electron chi connectivity index (χ2n) is 8.78. The predicted molar refractivity (Wildman–Crippen MR) is 144 cm³/mol. The fourth-order valence-electron chi connectivity index (χ4n) is 4.48. The number of aromatic nitrogens is 5. The zero-order valence-electron chi connectivity index (χ0n) is 22.5. The predicted octanol–water partition coefficient (Wildman–Crippen LogP) is -3.02. The number of hydrogen-bond donors (Lipinski definition) is 0. The van der Waals surface area contributed by atoms with E-state index in [-0.39, 0.29) is 54.0 Å². The molecule has 0 unspecified atom stereocenters. The summed E-state index contributed by atoms with van der Waals surface area (Å²) in [5.74, 6) is 1.68. The minimum absolute atomic E-state index is 0. The fraction of sp³-hybridized carbons (Fsp3) is 0.345. The fourth-order valence-corrected chi connectivity index (χ4v) is 4.48. The second kappa shape index (κ2) is 17.6. The van der Waals surface area contributed by atoms with E-state index in [1.165, 1.54) is 0 Å². The minimum Gasteiger partial charge on any atom is -1.00 e. The maximum atomic E-state index is 5.80. The van der Waals surface area contributed by atoms with Gasteiger partial charge in [-0.25, -0.2) is 15.0 Å². The van der Waals surface area contributed by atoms with E-state index in [0.717, 1.165) is 84.2 Å². The molecule has 5 aromatic rings. The van der Waals surface area contributed by atoms with Crippen molar-refractivity contribution in [2.75, 3.05) is 26.4 Å². The summed E-state index contributed by atoms with van der Waals surface area (Å²) in [6.45, 7) is 8.46. The summed E-state index contributed by atoms with van der Waals surface area (Å²) in [5, 5.41) is 0. The number of benzene rings is 2. The van der Waals surface area contributed by atoms with Crippen LogP contribution in [-0.2, 0) is 39.3 Å². The maximum Gasteiger partial charge on any atom is 3.00 e. The molecule has 5 rings (SSSR count). The molecule has 0 amide bonds. The standard InChI is InChI=1S/C29H33N5O2.3ClH.Co/c1-3-18-35-20-16-33-26-14-7-5-10-22(26)31-28(33)24-12-9-13-25(30-24)29-32-23-11-6-8-15-27(23)34(29)17-21-36-19-4-2;;;;/h5-15H,3-4,16-21H2,1-2H3;3*1H;/q;;;;+3/p-3. The van der Waals surface area contributed by atoms with Crippen LogP contribution in [0.25, 0.3) is 45.1 Å². The minimum atomic E-state index is 0. The molecule has 3 heterocycles. The van der Waals surface area contributed by atoms with Crippen molar-refractivity contribution < 1.29 is 63.5 Å². The summed E-state index contributed by atoms with van der Waals surface area (Å²) in [7, 11) is 0. The van der Waals surface area contributed by atoms with Crippen molar-refractivity contribution in [2.45, 2.75) is 39.8 Å². The van der Waals surface area contributed by atoms with Gasteiger partial charge in [-0.3, -0.25) is 0 Å². The molecule has 3 aromatic heterocycles. The molecule has 0 saturated heterocycles. The zero-order valence-corrected chi connectivity index (χ0v) is 25.8. The normalized spacial score (nSPS) is 10.4. The number of halogens is 3. The van der Waals surface area contributed by atoms with Crippen molar-refractivity contribution in [3.8, 4) is 23.0 Å². The van der Waals surface area contributed by atoms with E-state index in [0.29, 0.717) is 13.2 Å². The van der Waals surface area contributed by atoms with Gasteiger partial charge in [0.15, 0.2) is 11.6 Å². The largest absolute Gasteiger partial charge is 3.00 e. The monoisotopic (exact) mass is 647 g/mol. The van der Waals surface area contributed by atoms with E-state index >= 15 is 0 Å². The van der Waals surface area contributed by atoms with Gasteiger partial charge in [0.05, 0.1) is 35.3 Å². The van der Waals surface area contributed by atoms with E-state index in [4.69, 9.17) is 24.4 Å². The average molecular weight is 649 g/mol. The molecule has 0 aliphatic carbocycles. The van der Waals surface area contributed by atoms with Crippen LogP contribution in [0.3, 0.4) is 0 Å². The molecule has 11 heteroatoms. The average Bonchev–Trinajstić information content (AvgIpc) is 3.48. The van der Waals surface area contributed by atoms with Gasteiger partial charge in [-0.2, -0.15) is 0 Å². The van der Waals surface area contributed by atoms with Crippen LogP contribution in [-0.4, -0.2) is 50.5 Å². The molecule has 7 nitrogen and oxygen atoms in total. The summed E-state index contributed by atoms with van der Waals surface area (Å²) in [6, 6.07) is 22.5. The van der Waals surface area contributed by atoms with Gasteiger partial charge in [0.1, 0.15) is 11.4 Å². The number of hydrogen-bond acceptors (Lipinski definition) is 5. The van der Waals surface area contributed by atoms with Crippen molar-refractivity contribution in [2.24, 2.45) is 0 Å². The molecule has 0 N–H and O–H groups in total. The van der Waals surface area contributed by atoms with Crippen molar-refractivity contribution in [3.05, 3.63) is 66.7 Å². The molecule has 0 spiro atoms. The number of nitrogens with zero attached hydrogens (tertiary/aromatic N) is 5. The van der Waals surface area contributed by atoms with E-state index < -0.39 is 0 Å². The van der Waals surface area contributed by atoms with Crippen molar-refractivity contribution in [3.63, 3.8) is 0 Å². The summed E-state index contributed by atoms with van der Waals surface area (Å²) in [5.41, 5.74) is 5.71. The molecule has 0 aliphatic heterocycles. The van der Waals surface area contributed by atoms with Gasteiger partial charge in [-0.15, -0.1) is 0 Å². The van der Waals surface area contributed by atoms with Crippen LogP contribution in [0.5, 0.6) is 0 Å². The molecule has 0 atom stereocenters. The summed E-state index contributed by atoms with van der Waals surface area (Å²) < 4.78 is 16.0. The third kappa shape index (κ3) is 7.97. The van der Waals surface area contributed by atoms with Crippen LogP contribution >= 0.6 is 0 Å². The number of para-hydroxylation sites is 4. The van der Waals surface area contributed by atoms with E-state index in [9.17, 15) is 0 Å². The molecular formula is C29H33Cl3CoN5O2. The van der Waals surface area contributed by atoms with Gasteiger partial charge in [-0.1, -0.05) is 44.2 Å².